The van der Waals surface area contributed by atoms with Gasteiger partial charge in [-0.1, -0.05) is 18.2 Å². The highest BCUT2D eigenvalue weighted by Gasteiger charge is 2.42. The Balaban J connectivity index is 2.38. The molecule has 1 amide bonds. The fourth-order valence-electron chi connectivity index (χ4n) is 2.88. The summed E-state index contributed by atoms with van der Waals surface area (Å²) in [4.78, 5) is 25.6. The number of methoxy groups -OCH3 is 2. The van der Waals surface area contributed by atoms with Crippen molar-refractivity contribution in [1.82, 2.24) is 4.90 Å². The summed E-state index contributed by atoms with van der Waals surface area (Å²) in [7, 11) is 2.91. The molecule has 0 aliphatic carbocycles. The zero-order chi connectivity index (χ0) is 15.4. The molecular weight excluding hydrogens is 272 g/mol. The number of hydrogen-bond donors (Lipinski definition) is 1. The minimum atomic E-state index is -0.582. The Hall–Kier alpha value is -2.08. The maximum atomic E-state index is 12.2. The highest BCUT2D eigenvalue weighted by molar-refractivity contribution is 5.86. The lowest BCUT2D eigenvalue weighted by atomic mass is 10.0. The summed E-state index contributed by atoms with van der Waals surface area (Å²) in [6, 6.07) is 6.69. The molecule has 0 bridgehead atoms. The molecule has 1 aromatic carbocycles. The molecule has 6 nitrogen and oxygen atoms in total. The van der Waals surface area contributed by atoms with Crippen LogP contribution in [-0.4, -0.2) is 43.6 Å². The summed E-state index contributed by atoms with van der Waals surface area (Å²) < 4.78 is 10.2. The SMILES string of the molecule is COC(=O)C1CCC(c2ccccc2OC)N1C(=O)CN. The van der Waals surface area contributed by atoms with Gasteiger partial charge in [-0.2, -0.15) is 0 Å². The first kappa shape index (κ1) is 15.3. The number of esters is 1. The van der Waals surface area contributed by atoms with Crippen LogP contribution in [-0.2, 0) is 14.3 Å². The average Bonchev–Trinajstić information content (AvgIpc) is 2.97. The first-order valence-electron chi connectivity index (χ1n) is 6.86. The van der Waals surface area contributed by atoms with Crippen LogP contribution in [0.1, 0.15) is 24.4 Å². The van der Waals surface area contributed by atoms with Crippen molar-refractivity contribution in [2.45, 2.75) is 24.9 Å². The molecule has 2 N–H and O–H groups in total. The van der Waals surface area contributed by atoms with E-state index in [1.54, 1.807) is 7.11 Å². The molecule has 2 atom stereocenters. The molecule has 0 aromatic heterocycles. The van der Waals surface area contributed by atoms with Crippen molar-refractivity contribution in [2.75, 3.05) is 20.8 Å². The molecule has 0 radical (unpaired) electrons. The molecule has 114 valence electrons. The van der Waals surface area contributed by atoms with Gasteiger partial charge in [-0.25, -0.2) is 4.79 Å². The van der Waals surface area contributed by atoms with Gasteiger partial charge >= 0.3 is 5.97 Å². The number of carbonyl (C=O) groups is 2. The van der Waals surface area contributed by atoms with Crippen LogP contribution in [0.5, 0.6) is 5.75 Å². The third kappa shape index (κ3) is 2.85. The van der Waals surface area contributed by atoms with Gasteiger partial charge in [0.15, 0.2) is 0 Å². The zero-order valence-corrected chi connectivity index (χ0v) is 12.2. The summed E-state index contributed by atoms with van der Waals surface area (Å²) in [6.07, 6.45) is 1.23. The molecule has 0 spiro atoms. The van der Waals surface area contributed by atoms with Crippen molar-refractivity contribution < 1.29 is 19.1 Å². The van der Waals surface area contributed by atoms with Crippen LogP contribution in [0.4, 0.5) is 0 Å². The van der Waals surface area contributed by atoms with Gasteiger partial charge in [-0.15, -0.1) is 0 Å². The van der Waals surface area contributed by atoms with Crippen molar-refractivity contribution in [2.24, 2.45) is 5.73 Å². The number of para-hydroxylation sites is 1. The quantitative estimate of drug-likeness (QED) is 0.832. The normalized spacial score (nSPS) is 21.2. The summed E-state index contributed by atoms with van der Waals surface area (Å²) in [5.41, 5.74) is 6.37. The molecule has 1 aliphatic rings. The minimum absolute atomic E-state index is 0.140. The van der Waals surface area contributed by atoms with E-state index in [0.717, 1.165) is 5.56 Å². The number of likely N-dealkylation sites (tertiary alicyclic amines) is 1. The Morgan fingerprint density at radius 3 is 2.62 bits per heavy atom. The molecule has 1 fully saturated rings. The predicted octanol–water partition coefficient (Wildman–Crippen LogP) is 0.859. The topological polar surface area (TPSA) is 81.9 Å². The Bertz CT molecular complexity index is 532. The number of ether oxygens (including phenoxy) is 2. The van der Waals surface area contributed by atoms with Crippen molar-refractivity contribution in [3.8, 4) is 5.75 Å². The number of amides is 1. The van der Waals surface area contributed by atoms with E-state index >= 15 is 0 Å². The first-order chi connectivity index (χ1) is 10.1. The van der Waals surface area contributed by atoms with E-state index in [1.807, 2.05) is 24.3 Å². The molecule has 1 saturated heterocycles. The molecule has 2 unspecified atom stereocenters. The van der Waals surface area contributed by atoms with E-state index in [9.17, 15) is 9.59 Å². The second kappa shape index (κ2) is 6.58. The summed E-state index contributed by atoms with van der Waals surface area (Å²) in [5.74, 6) is 0.0239. The second-order valence-corrected chi connectivity index (χ2v) is 4.88. The zero-order valence-electron chi connectivity index (χ0n) is 12.2. The molecule has 21 heavy (non-hydrogen) atoms. The van der Waals surface area contributed by atoms with Crippen LogP contribution in [0, 0.1) is 0 Å². The van der Waals surface area contributed by atoms with E-state index in [-0.39, 0.29) is 18.5 Å². The third-order valence-electron chi connectivity index (χ3n) is 3.82. The van der Waals surface area contributed by atoms with Crippen LogP contribution in [0.25, 0.3) is 0 Å². The Morgan fingerprint density at radius 1 is 1.29 bits per heavy atom. The number of nitrogens with two attached hydrogens (primary N) is 1. The Labute approximate surface area is 123 Å². The molecule has 6 heteroatoms. The van der Waals surface area contributed by atoms with Gasteiger partial charge in [0.2, 0.25) is 5.91 Å². The number of carbonyl (C=O) groups excluding carboxylic acids is 2. The van der Waals surface area contributed by atoms with Crippen LogP contribution in [0.15, 0.2) is 24.3 Å². The largest absolute Gasteiger partial charge is 0.496 e. The van der Waals surface area contributed by atoms with Crippen molar-refractivity contribution in [3.05, 3.63) is 29.8 Å². The Morgan fingerprint density at radius 2 is 2.00 bits per heavy atom. The fraction of sp³-hybridized carbons (Fsp3) is 0.467. The van der Waals surface area contributed by atoms with E-state index in [0.29, 0.717) is 18.6 Å². The third-order valence-corrected chi connectivity index (χ3v) is 3.82. The molecule has 1 heterocycles. The van der Waals surface area contributed by atoms with Gasteiger partial charge in [0.1, 0.15) is 11.8 Å². The van der Waals surface area contributed by atoms with Gasteiger partial charge in [-0.05, 0) is 18.9 Å². The minimum Gasteiger partial charge on any atom is -0.496 e. The van der Waals surface area contributed by atoms with Crippen molar-refractivity contribution in [1.29, 1.82) is 0 Å². The highest BCUT2D eigenvalue weighted by Crippen LogP contribution is 2.40. The van der Waals surface area contributed by atoms with Crippen LogP contribution < -0.4 is 10.5 Å². The van der Waals surface area contributed by atoms with E-state index < -0.39 is 12.0 Å². The molecule has 2 rings (SSSR count). The molecule has 1 aromatic rings. The van der Waals surface area contributed by atoms with Crippen molar-refractivity contribution in [3.63, 3.8) is 0 Å². The number of nitrogens with zero attached hydrogens (tertiary/aromatic N) is 1. The van der Waals surface area contributed by atoms with E-state index in [2.05, 4.69) is 0 Å². The first-order valence-corrected chi connectivity index (χ1v) is 6.86. The second-order valence-electron chi connectivity index (χ2n) is 4.88. The average molecular weight is 292 g/mol. The van der Waals surface area contributed by atoms with E-state index in [1.165, 1.54) is 12.0 Å². The van der Waals surface area contributed by atoms with Gasteiger partial charge in [0.25, 0.3) is 0 Å². The number of benzene rings is 1. The van der Waals surface area contributed by atoms with Crippen LogP contribution >= 0.6 is 0 Å². The van der Waals surface area contributed by atoms with Gasteiger partial charge in [0, 0.05) is 5.56 Å². The highest BCUT2D eigenvalue weighted by atomic mass is 16.5. The van der Waals surface area contributed by atoms with Crippen LogP contribution in [0.3, 0.4) is 0 Å². The summed E-state index contributed by atoms with van der Waals surface area (Å²) in [6.45, 7) is -0.140. The van der Waals surface area contributed by atoms with Gasteiger partial charge in [-0.3, -0.25) is 4.79 Å². The molecule has 1 aliphatic heterocycles. The predicted molar refractivity (Wildman–Crippen MR) is 76.7 cm³/mol. The summed E-state index contributed by atoms with van der Waals surface area (Å²) in [5, 5.41) is 0. The lowest BCUT2D eigenvalue weighted by Gasteiger charge is -2.29. The lowest BCUT2D eigenvalue weighted by Crippen LogP contribution is -2.45. The maximum absolute atomic E-state index is 12.2. The Kier molecular flexibility index (Phi) is 4.80. The van der Waals surface area contributed by atoms with Gasteiger partial charge < -0.3 is 20.1 Å². The van der Waals surface area contributed by atoms with Gasteiger partial charge in [0.05, 0.1) is 26.8 Å². The molecular formula is C15H20N2O4. The standard InChI is InChI=1S/C15H20N2O4/c1-20-13-6-4-3-5-10(13)11-7-8-12(15(19)21-2)17(11)14(18)9-16/h3-6,11-12H,7-9,16H2,1-2H3. The smallest absolute Gasteiger partial charge is 0.328 e. The monoisotopic (exact) mass is 292 g/mol. The number of rotatable bonds is 4. The van der Waals surface area contributed by atoms with Crippen molar-refractivity contribution >= 4 is 11.9 Å². The maximum Gasteiger partial charge on any atom is 0.328 e. The lowest BCUT2D eigenvalue weighted by molar-refractivity contribution is -0.151. The van der Waals surface area contributed by atoms with E-state index in [4.69, 9.17) is 15.2 Å². The van der Waals surface area contributed by atoms with Crippen LogP contribution in [0.2, 0.25) is 0 Å². The fourth-order valence-corrected chi connectivity index (χ4v) is 2.88. The number of hydrogen-bond acceptors (Lipinski definition) is 5. The molecule has 0 saturated carbocycles. The summed E-state index contributed by atoms with van der Waals surface area (Å²) >= 11 is 0.